The van der Waals surface area contributed by atoms with Gasteiger partial charge in [-0.1, -0.05) is 67.6 Å². The van der Waals surface area contributed by atoms with Gasteiger partial charge < -0.3 is 10.1 Å². The van der Waals surface area contributed by atoms with Crippen LogP contribution in [-0.4, -0.2) is 18.7 Å². The van der Waals surface area contributed by atoms with E-state index in [0.29, 0.717) is 18.6 Å². The van der Waals surface area contributed by atoms with Gasteiger partial charge in [-0.05, 0) is 85.0 Å². The summed E-state index contributed by atoms with van der Waals surface area (Å²) >= 11 is 0. The van der Waals surface area contributed by atoms with Gasteiger partial charge in [0.1, 0.15) is 0 Å². The lowest BCUT2D eigenvalue weighted by molar-refractivity contribution is 0.124. The van der Waals surface area contributed by atoms with Gasteiger partial charge in [-0.15, -0.1) is 0 Å². The van der Waals surface area contributed by atoms with Gasteiger partial charge in [0.25, 0.3) is 0 Å². The van der Waals surface area contributed by atoms with E-state index in [0.717, 1.165) is 44.9 Å². The molecular weight excluding hydrogens is 370 g/mol. The summed E-state index contributed by atoms with van der Waals surface area (Å²) in [5, 5.41) is 3.06. The molecule has 0 heterocycles. The van der Waals surface area contributed by atoms with E-state index in [1.807, 2.05) is 0 Å². The van der Waals surface area contributed by atoms with Gasteiger partial charge >= 0.3 is 6.09 Å². The average molecular weight is 418 g/mol. The summed E-state index contributed by atoms with van der Waals surface area (Å²) in [5.41, 5.74) is 4.36. The molecule has 0 aromatic rings. The Morgan fingerprint density at radius 1 is 0.900 bits per heavy atom. The second-order valence-electron chi connectivity index (χ2n) is 9.57. The Labute approximate surface area is 186 Å². The first-order chi connectivity index (χ1) is 14.4. The number of hydrogen-bond donors (Lipinski definition) is 1. The van der Waals surface area contributed by atoms with Gasteiger partial charge in [0.05, 0.1) is 6.61 Å². The zero-order valence-electron chi connectivity index (χ0n) is 20.4. The van der Waals surface area contributed by atoms with E-state index in [9.17, 15) is 4.79 Å². The van der Waals surface area contributed by atoms with Crippen LogP contribution in [0.2, 0.25) is 0 Å². The maximum absolute atomic E-state index is 12.0. The van der Waals surface area contributed by atoms with Gasteiger partial charge in [-0.25, -0.2) is 4.79 Å². The van der Waals surface area contributed by atoms with E-state index >= 15 is 0 Å². The molecule has 1 rings (SSSR count). The third-order valence-corrected chi connectivity index (χ3v) is 5.95. The second-order valence-corrected chi connectivity index (χ2v) is 9.57. The summed E-state index contributed by atoms with van der Waals surface area (Å²) in [4.78, 5) is 12.0. The summed E-state index contributed by atoms with van der Waals surface area (Å²) < 4.78 is 5.46. The number of carbonyl (C=O) groups is 1. The van der Waals surface area contributed by atoms with Crippen molar-refractivity contribution in [2.75, 3.05) is 6.61 Å². The van der Waals surface area contributed by atoms with Crippen molar-refractivity contribution in [3.05, 3.63) is 34.9 Å². The molecule has 1 aliphatic carbocycles. The van der Waals surface area contributed by atoms with Crippen molar-refractivity contribution in [3.8, 4) is 0 Å². The van der Waals surface area contributed by atoms with E-state index in [-0.39, 0.29) is 6.09 Å². The van der Waals surface area contributed by atoms with E-state index in [2.05, 4.69) is 58.2 Å². The first-order valence-electron chi connectivity index (χ1n) is 12.2. The molecule has 172 valence electrons. The van der Waals surface area contributed by atoms with E-state index in [1.54, 1.807) is 0 Å². The maximum Gasteiger partial charge on any atom is 0.407 e. The van der Waals surface area contributed by atoms with E-state index in [1.165, 1.54) is 48.8 Å². The molecule has 1 saturated carbocycles. The Kier molecular flexibility index (Phi) is 14.3. The minimum Gasteiger partial charge on any atom is -0.449 e. The first-order valence-corrected chi connectivity index (χ1v) is 12.2. The molecule has 1 amide bonds. The molecular formula is C27H47NO2. The molecule has 1 aliphatic rings. The van der Waals surface area contributed by atoms with Crippen LogP contribution < -0.4 is 5.32 Å². The second kappa shape index (κ2) is 16.2. The van der Waals surface area contributed by atoms with Crippen LogP contribution in [0.5, 0.6) is 0 Å². The van der Waals surface area contributed by atoms with Gasteiger partial charge in [0.2, 0.25) is 0 Å². The lowest BCUT2D eigenvalue weighted by Gasteiger charge is -2.17. The SMILES string of the molecule is CC(C)=CCCC(C)=CCCC(C)=CCCC(C)COC(=O)NC1CCCCCC1. The summed E-state index contributed by atoms with van der Waals surface area (Å²) in [7, 11) is 0. The Bertz CT molecular complexity index is 561. The Balaban J connectivity index is 2.14. The predicted molar refractivity (Wildman–Crippen MR) is 130 cm³/mol. The van der Waals surface area contributed by atoms with Crippen LogP contribution >= 0.6 is 0 Å². The number of nitrogens with one attached hydrogen (secondary N) is 1. The fourth-order valence-electron chi connectivity index (χ4n) is 3.89. The standard InChI is InChI=1S/C27H47NO2/c1-22(2)13-10-14-23(3)15-11-16-24(4)17-12-18-25(5)21-30-27(29)28-26-19-8-6-7-9-20-26/h13,15,17,25-26H,6-12,14,16,18-21H2,1-5H3,(H,28,29). The smallest absolute Gasteiger partial charge is 0.407 e. The number of ether oxygens (including phenoxy) is 1. The molecule has 0 saturated heterocycles. The third-order valence-electron chi connectivity index (χ3n) is 5.95. The molecule has 30 heavy (non-hydrogen) atoms. The monoisotopic (exact) mass is 417 g/mol. The topological polar surface area (TPSA) is 38.3 Å². The zero-order chi connectivity index (χ0) is 22.2. The van der Waals surface area contributed by atoms with Crippen molar-refractivity contribution in [2.24, 2.45) is 5.92 Å². The minimum atomic E-state index is -0.229. The van der Waals surface area contributed by atoms with Gasteiger partial charge in [-0.3, -0.25) is 0 Å². The molecule has 1 unspecified atom stereocenters. The number of amides is 1. The Hall–Kier alpha value is -1.51. The number of rotatable bonds is 12. The largest absolute Gasteiger partial charge is 0.449 e. The number of allylic oxidation sites excluding steroid dienone is 6. The van der Waals surface area contributed by atoms with Crippen molar-refractivity contribution < 1.29 is 9.53 Å². The van der Waals surface area contributed by atoms with Gasteiger partial charge in [-0.2, -0.15) is 0 Å². The highest BCUT2D eigenvalue weighted by Gasteiger charge is 2.15. The third kappa shape index (κ3) is 14.5. The molecule has 0 aromatic carbocycles. The van der Waals surface area contributed by atoms with Gasteiger partial charge in [0, 0.05) is 6.04 Å². The average Bonchev–Trinajstić information content (AvgIpc) is 2.94. The molecule has 1 fully saturated rings. The minimum absolute atomic E-state index is 0.229. The molecule has 0 spiro atoms. The lowest BCUT2D eigenvalue weighted by Crippen LogP contribution is -2.35. The highest BCUT2D eigenvalue weighted by Crippen LogP contribution is 2.18. The van der Waals surface area contributed by atoms with Crippen LogP contribution in [0.25, 0.3) is 0 Å². The molecule has 0 aliphatic heterocycles. The van der Waals surface area contributed by atoms with E-state index in [4.69, 9.17) is 4.74 Å². The summed E-state index contributed by atoms with van der Waals surface area (Å²) in [6.45, 7) is 11.5. The highest BCUT2D eigenvalue weighted by molar-refractivity contribution is 5.67. The van der Waals surface area contributed by atoms with Crippen LogP contribution in [0, 0.1) is 5.92 Å². The van der Waals surface area contributed by atoms with Crippen LogP contribution in [0.15, 0.2) is 34.9 Å². The number of alkyl carbamates (subject to hydrolysis) is 1. The fraction of sp³-hybridized carbons (Fsp3) is 0.741. The summed E-state index contributed by atoms with van der Waals surface area (Å²) in [5.74, 6) is 0.395. The molecule has 0 aromatic heterocycles. The fourth-order valence-corrected chi connectivity index (χ4v) is 3.89. The molecule has 0 radical (unpaired) electrons. The quantitative estimate of drug-likeness (QED) is 0.256. The zero-order valence-corrected chi connectivity index (χ0v) is 20.4. The molecule has 3 heteroatoms. The molecule has 3 nitrogen and oxygen atoms in total. The molecule has 1 N–H and O–H groups in total. The lowest BCUT2D eigenvalue weighted by atomic mass is 10.0. The van der Waals surface area contributed by atoms with Crippen molar-refractivity contribution in [2.45, 2.75) is 118 Å². The number of hydrogen-bond acceptors (Lipinski definition) is 2. The van der Waals surface area contributed by atoms with Crippen LogP contribution in [0.4, 0.5) is 4.79 Å². The van der Waals surface area contributed by atoms with Crippen molar-refractivity contribution in [1.29, 1.82) is 0 Å². The maximum atomic E-state index is 12.0. The van der Waals surface area contributed by atoms with Crippen LogP contribution in [0.1, 0.15) is 112 Å². The van der Waals surface area contributed by atoms with Crippen molar-refractivity contribution in [3.63, 3.8) is 0 Å². The summed E-state index contributed by atoms with van der Waals surface area (Å²) in [6.07, 6.45) is 20.8. The van der Waals surface area contributed by atoms with Crippen molar-refractivity contribution >= 4 is 6.09 Å². The highest BCUT2D eigenvalue weighted by atomic mass is 16.5. The van der Waals surface area contributed by atoms with Crippen LogP contribution in [0.3, 0.4) is 0 Å². The number of carbonyl (C=O) groups excluding carboxylic acids is 1. The normalized spacial score (nSPS) is 17.2. The Morgan fingerprint density at radius 2 is 1.47 bits per heavy atom. The molecule has 0 bridgehead atoms. The predicted octanol–water partition coefficient (Wildman–Crippen LogP) is 8.27. The Morgan fingerprint density at radius 3 is 2.07 bits per heavy atom. The molecule has 1 atom stereocenters. The van der Waals surface area contributed by atoms with E-state index < -0.39 is 0 Å². The summed E-state index contributed by atoms with van der Waals surface area (Å²) in [6, 6.07) is 0.311. The van der Waals surface area contributed by atoms with Crippen LogP contribution in [-0.2, 0) is 4.74 Å². The van der Waals surface area contributed by atoms with Gasteiger partial charge in [0.15, 0.2) is 0 Å². The first kappa shape index (κ1) is 26.5. The van der Waals surface area contributed by atoms with Crippen molar-refractivity contribution in [1.82, 2.24) is 5.32 Å².